The second kappa shape index (κ2) is 6.93. The van der Waals surface area contributed by atoms with Crippen molar-refractivity contribution in [3.05, 3.63) is 47.3 Å². The molecule has 8 nitrogen and oxygen atoms in total. The number of rotatable bonds is 4. The van der Waals surface area contributed by atoms with Crippen molar-refractivity contribution in [2.45, 2.75) is 12.7 Å². The highest BCUT2D eigenvalue weighted by atomic mass is 19.4. The summed E-state index contributed by atoms with van der Waals surface area (Å²) in [5.74, 6) is -1.05. The number of nitrogens with one attached hydrogen (secondary N) is 2. The number of guanidine groups is 1. The van der Waals surface area contributed by atoms with E-state index in [1.807, 2.05) is 0 Å². The molecule has 0 saturated heterocycles. The number of aromatic amines is 1. The summed E-state index contributed by atoms with van der Waals surface area (Å²) in [6.07, 6.45) is -4.70. The fourth-order valence-electron chi connectivity index (χ4n) is 2.55. The molecule has 0 spiro atoms. The Labute approximate surface area is 156 Å². The maximum absolute atomic E-state index is 13.5. The zero-order valence-electron chi connectivity index (χ0n) is 14.6. The lowest BCUT2D eigenvalue weighted by atomic mass is 10.1. The summed E-state index contributed by atoms with van der Waals surface area (Å²) < 4.78 is 51.2. The van der Waals surface area contributed by atoms with Crippen LogP contribution in [0.15, 0.2) is 34.7 Å². The van der Waals surface area contributed by atoms with Crippen molar-refractivity contribution < 1.29 is 27.1 Å². The van der Waals surface area contributed by atoms with Crippen molar-refractivity contribution in [1.82, 2.24) is 9.88 Å². The van der Waals surface area contributed by atoms with Gasteiger partial charge < -0.3 is 25.6 Å². The molecule has 0 unspecified atom stereocenters. The van der Waals surface area contributed by atoms with Gasteiger partial charge in [-0.2, -0.15) is 13.2 Å². The standard InChI is InChI=1S/C17H16F3N5O3/c1-25(16(22)23)15(26)13-6-10-11(17(18,19)20)4-9(5-12(10)24-13)28-14-3-2-8(7-21)27-14/h2-6,24H,7,21H2,1H3,(H3,22,23). The number of carbonyl (C=O) groups excluding carboxylic acids is 1. The number of hydrogen-bond donors (Lipinski definition) is 4. The van der Waals surface area contributed by atoms with Crippen LogP contribution in [0.3, 0.4) is 0 Å². The lowest BCUT2D eigenvalue weighted by Crippen LogP contribution is -2.38. The van der Waals surface area contributed by atoms with Crippen molar-refractivity contribution in [3.63, 3.8) is 0 Å². The number of nitrogens with two attached hydrogens (primary N) is 2. The minimum atomic E-state index is -4.70. The normalized spacial score (nSPS) is 11.6. The van der Waals surface area contributed by atoms with E-state index in [0.29, 0.717) is 5.76 Å². The van der Waals surface area contributed by atoms with Crippen molar-refractivity contribution in [2.24, 2.45) is 11.5 Å². The van der Waals surface area contributed by atoms with Crippen molar-refractivity contribution in [3.8, 4) is 11.7 Å². The first-order chi connectivity index (χ1) is 13.1. The monoisotopic (exact) mass is 395 g/mol. The van der Waals surface area contributed by atoms with Gasteiger partial charge in [0.05, 0.1) is 17.6 Å². The second-order valence-corrected chi connectivity index (χ2v) is 5.89. The molecule has 0 aliphatic carbocycles. The van der Waals surface area contributed by atoms with E-state index < -0.39 is 23.6 Å². The summed E-state index contributed by atoms with van der Waals surface area (Å²) >= 11 is 0. The highest BCUT2D eigenvalue weighted by Crippen LogP contribution is 2.39. The van der Waals surface area contributed by atoms with E-state index >= 15 is 0 Å². The van der Waals surface area contributed by atoms with Gasteiger partial charge in [0.1, 0.15) is 17.2 Å². The van der Waals surface area contributed by atoms with Crippen LogP contribution >= 0.6 is 0 Å². The van der Waals surface area contributed by atoms with E-state index in [2.05, 4.69) is 4.98 Å². The molecule has 0 bridgehead atoms. The molecule has 1 aromatic carbocycles. The number of aromatic nitrogens is 1. The molecule has 28 heavy (non-hydrogen) atoms. The van der Waals surface area contributed by atoms with Crippen molar-refractivity contribution in [2.75, 3.05) is 7.05 Å². The Morgan fingerprint density at radius 2 is 2.04 bits per heavy atom. The summed E-state index contributed by atoms with van der Waals surface area (Å²) in [5, 5.41) is 7.06. The number of hydrogen-bond acceptors (Lipinski definition) is 5. The minimum absolute atomic E-state index is 0.0212. The van der Waals surface area contributed by atoms with Gasteiger partial charge in [-0.05, 0) is 18.2 Å². The topological polar surface area (TPSA) is 134 Å². The smallest absolute Gasteiger partial charge is 0.417 e. The minimum Gasteiger partial charge on any atom is -0.429 e. The zero-order valence-corrected chi connectivity index (χ0v) is 14.6. The van der Waals surface area contributed by atoms with Gasteiger partial charge in [0.2, 0.25) is 0 Å². The van der Waals surface area contributed by atoms with Gasteiger partial charge in [0.25, 0.3) is 11.9 Å². The van der Waals surface area contributed by atoms with Gasteiger partial charge >= 0.3 is 6.18 Å². The number of ether oxygens (including phenoxy) is 1. The SMILES string of the molecule is CN(C(=N)N)C(=O)c1cc2c(C(F)(F)F)cc(Oc3ccc(CN)o3)cc2[nH]1. The fourth-order valence-corrected chi connectivity index (χ4v) is 2.55. The van der Waals surface area contributed by atoms with Gasteiger partial charge in [-0.15, -0.1) is 0 Å². The number of H-pyrrole nitrogens is 1. The molecule has 3 rings (SSSR count). The molecule has 0 fully saturated rings. The Bertz CT molecular complexity index is 1050. The maximum atomic E-state index is 13.5. The molecule has 11 heteroatoms. The Hall–Kier alpha value is -3.47. The Kier molecular flexibility index (Phi) is 4.77. The van der Waals surface area contributed by atoms with E-state index in [0.717, 1.165) is 17.0 Å². The predicted molar refractivity (Wildman–Crippen MR) is 94.0 cm³/mol. The van der Waals surface area contributed by atoms with Gasteiger partial charge in [-0.25, -0.2) is 0 Å². The first-order valence-electron chi connectivity index (χ1n) is 7.93. The Balaban J connectivity index is 2.07. The Morgan fingerprint density at radius 1 is 1.32 bits per heavy atom. The van der Waals surface area contributed by atoms with E-state index in [9.17, 15) is 18.0 Å². The van der Waals surface area contributed by atoms with Crippen LogP contribution in [0, 0.1) is 5.41 Å². The average molecular weight is 395 g/mol. The van der Waals surface area contributed by atoms with Crippen LogP contribution in [0.5, 0.6) is 11.7 Å². The van der Waals surface area contributed by atoms with Crippen molar-refractivity contribution in [1.29, 1.82) is 5.41 Å². The van der Waals surface area contributed by atoms with Crippen LogP contribution in [0.25, 0.3) is 10.9 Å². The van der Waals surface area contributed by atoms with Crippen LogP contribution in [-0.4, -0.2) is 28.8 Å². The molecule has 3 aromatic rings. The molecule has 0 atom stereocenters. The molecule has 0 aliphatic rings. The van der Waals surface area contributed by atoms with E-state index in [1.165, 1.54) is 19.2 Å². The summed E-state index contributed by atoms with van der Waals surface area (Å²) in [5.41, 5.74) is 9.55. The van der Waals surface area contributed by atoms with Gasteiger partial charge in [0, 0.05) is 24.6 Å². The lowest BCUT2D eigenvalue weighted by molar-refractivity contribution is -0.136. The van der Waals surface area contributed by atoms with Crippen LogP contribution in [-0.2, 0) is 12.7 Å². The zero-order chi connectivity index (χ0) is 20.6. The molecular formula is C17H16F3N5O3. The number of carbonyl (C=O) groups is 1. The van der Waals surface area contributed by atoms with Crippen molar-refractivity contribution >= 4 is 22.8 Å². The molecule has 6 N–H and O–H groups in total. The van der Waals surface area contributed by atoms with Gasteiger partial charge in [0.15, 0.2) is 5.96 Å². The molecule has 0 saturated carbocycles. The number of fused-ring (bicyclic) bond motifs is 1. The first kappa shape index (κ1) is 19.3. The van der Waals surface area contributed by atoms with Crippen LogP contribution in [0.4, 0.5) is 13.2 Å². The molecular weight excluding hydrogens is 379 g/mol. The van der Waals surface area contributed by atoms with Crippen LogP contribution in [0.2, 0.25) is 0 Å². The first-order valence-corrected chi connectivity index (χ1v) is 7.93. The predicted octanol–water partition coefficient (Wildman–Crippen LogP) is 3.00. The largest absolute Gasteiger partial charge is 0.429 e. The molecule has 0 aliphatic heterocycles. The average Bonchev–Trinajstić information content (AvgIpc) is 3.25. The van der Waals surface area contributed by atoms with Crippen LogP contribution < -0.4 is 16.2 Å². The lowest BCUT2D eigenvalue weighted by Gasteiger charge is -2.12. The number of benzene rings is 1. The summed E-state index contributed by atoms with van der Waals surface area (Å²) in [7, 11) is 1.24. The molecule has 148 valence electrons. The maximum Gasteiger partial charge on any atom is 0.417 e. The fraction of sp³-hybridized carbons (Fsp3) is 0.176. The third kappa shape index (κ3) is 3.64. The number of furan rings is 1. The highest BCUT2D eigenvalue weighted by molar-refractivity contribution is 6.06. The third-order valence-electron chi connectivity index (χ3n) is 3.97. The van der Waals surface area contributed by atoms with E-state index in [4.69, 9.17) is 26.0 Å². The van der Waals surface area contributed by atoms with E-state index in [1.54, 1.807) is 6.07 Å². The van der Waals surface area contributed by atoms with E-state index in [-0.39, 0.29) is 34.8 Å². The third-order valence-corrected chi connectivity index (χ3v) is 3.97. The summed E-state index contributed by atoms with van der Waals surface area (Å²) in [6, 6.07) is 6.15. The van der Waals surface area contributed by atoms with Gasteiger partial charge in [-0.1, -0.05) is 0 Å². The molecule has 2 heterocycles. The Morgan fingerprint density at radius 3 is 2.61 bits per heavy atom. The molecule has 2 aromatic heterocycles. The molecule has 1 amide bonds. The number of alkyl halides is 3. The highest BCUT2D eigenvalue weighted by Gasteiger charge is 2.34. The van der Waals surface area contributed by atoms with Gasteiger partial charge in [-0.3, -0.25) is 15.1 Å². The quantitative estimate of drug-likeness (QED) is 0.398. The number of nitrogens with zero attached hydrogens (tertiary/aromatic N) is 1. The van der Waals surface area contributed by atoms with Crippen LogP contribution in [0.1, 0.15) is 21.8 Å². The molecule has 0 radical (unpaired) electrons. The number of halogens is 3. The summed E-state index contributed by atoms with van der Waals surface area (Å²) in [6.45, 7) is 0.113. The second-order valence-electron chi connectivity index (χ2n) is 5.89. The summed E-state index contributed by atoms with van der Waals surface area (Å²) in [4.78, 5) is 15.7. The number of amides is 1.